The second-order valence-corrected chi connectivity index (χ2v) is 5.80. The van der Waals surface area contributed by atoms with Crippen LogP contribution in [0.2, 0.25) is 0 Å². The number of hydrogen-bond donors (Lipinski definition) is 1. The lowest BCUT2D eigenvalue weighted by Gasteiger charge is -2.34. The molecule has 0 saturated carbocycles. The third-order valence-corrected chi connectivity index (χ3v) is 3.89. The fourth-order valence-electron chi connectivity index (χ4n) is 2.71. The third kappa shape index (κ3) is 4.35. The molecule has 1 aliphatic heterocycles. The molecule has 130 valence electrons. The Morgan fingerprint density at radius 2 is 2.35 bits per heavy atom. The highest BCUT2D eigenvalue weighted by Crippen LogP contribution is 2.11. The van der Waals surface area contributed by atoms with Crippen LogP contribution >= 0.6 is 0 Å². The zero-order valence-corrected chi connectivity index (χ0v) is 14.7. The fraction of sp³-hybridized carbons (Fsp3) is 0.733. The molecule has 0 amide bonds. The van der Waals surface area contributed by atoms with E-state index >= 15 is 0 Å². The molecule has 1 fully saturated rings. The molecule has 0 aromatic carbocycles. The van der Waals surface area contributed by atoms with E-state index < -0.39 is 0 Å². The van der Waals surface area contributed by atoms with Gasteiger partial charge in [0.2, 0.25) is 5.95 Å². The summed E-state index contributed by atoms with van der Waals surface area (Å²) in [6.07, 6.45) is 1.98. The summed E-state index contributed by atoms with van der Waals surface area (Å²) in [5.41, 5.74) is 1.11. The van der Waals surface area contributed by atoms with Crippen LogP contribution in [-0.2, 0) is 23.1 Å². The zero-order valence-electron chi connectivity index (χ0n) is 14.7. The number of methoxy groups -OCH3 is 1. The van der Waals surface area contributed by atoms with Gasteiger partial charge in [-0.3, -0.25) is 4.99 Å². The maximum absolute atomic E-state index is 5.69. The summed E-state index contributed by atoms with van der Waals surface area (Å²) >= 11 is 0. The topological polar surface area (TPSA) is 67.2 Å². The lowest BCUT2D eigenvalue weighted by Crippen LogP contribution is -2.51. The van der Waals surface area contributed by atoms with Crippen LogP contribution in [0.1, 0.15) is 5.69 Å². The van der Waals surface area contributed by atoms with Crippen LogP contribution in [0.5, 0.6) is 0 Å². The molecule has 0 radical (unpaired) electrons. The van der Waals surface area contributed by atoms with E-state index in [0.717, 1.165) is 30.7 Å². The number of anilines is 1. The largest absolute Gasteiger partial charge is 0.382 e. The number of rotatable bonds is 5. The van der Waals surface area contributed by atoms with Gasteiger partial charge in [0.25, 0.3) is 0 Å². The van der Waals surface area contributed by atoms with Crippen LogP contribution < -0.4 is 10.2 Å². The Bertz CT molecular complexity index is 526. The summed E-state index contributed by atoms with van der Waals surface area (Å²) in [6.45, 7) is 3.57. The number of aliphatic imine (C=N–C) groups is 1. The highest BCUT2D eigenvalue weighted by Gasteiger charge is 2.22. The van der Waals surface area contributed by atoms with E-state index in [1.54, 1.807) is 14.2 Å². The quantitative estimate of drug-likeness (QED) is 0.603. The molecule has 1 aromatic rings. The van der Waals surface area contributed by atoms with E-state index in [9.17, 15) is 0 Å². The second-order valence-electron chi connectivity index (χ2n) is 5.80. The molecule has 1 saturated heterocycles. The lowest BCUT2D eigenvalue weighted by molar-refractivity contribution is -0.0447. The van der Waals surface area contributed by atoms with Crippen LogP contribution in [0.15, 0.2) is 11.2 Å². The Balaban J connectivity index is 1.95. The Morgan fingerprint density at radius 3 is 2.96 bits per heavy atom. The average molecular weight is 324 g/mol. The first-order chi connectivity index (χ1) is 11.1. The van der Waals surface area contributed by atoms with Gasteiger partial charge >= 0.3 is 0 Å². The van der Waals surface area contributed by atoms with Crippen molar-refractivity contribution in [2.75, 3.05) is 59.5 Å². The van der Waals surface area contributed by atoms with Gasteiger partial charge in [-0.25, -0.2) is 4.98 Å². The van der Waals surface area contributed by atoms with Gasteiger partial charge in [0.1, 0.15) is 0 Å². The van der Waals surface area contributed by atoms with Crippen molar-refractivity contribution < 1.29 is 9.47 Å². The summed E-state index contributed by atoms with van der Waals surface area (Å²) in [7, 11) is 9.49. The lowest BCUT2D eigenvalue weighted by atomic mass is 10.3. The smallest absolute Gasteiger partial charge is 0.204 e. The van der Waals surface area contributed by atoms with E-state index in [2.05, 4.69) is 24.8 Å². The van der Waals surface area contributed by atoms with Crippen molar-refractivity contribution in [1.82, 2.24) is 19.8 Å². The number of guanidine groups is 1. The molecule has 0 bridgehead atoms. The van der Waals surface area contributed by atoms with Gasteiger partial charge in [-0.2, -0.15) is 0 Å². The first-order valence-corrected chi connectivity index (χ1v) is 7.80. The van der Waals surface area contributed by atoms with E-state index in [4.69, 9.17) is 9.47 Å². The van der Waals surface area contributed by atoms with Crippen molar-refractivity contribution in [2.45, 2.75) is 12.6 Å². The molecule has 8 heteroatoms. The summed E-state index contributed by atoms with van der Waals surface area (Å²) < 4.78 is 12.9. The Hall–Kier alpha value is -1.80. The van der Waals surface area contributed by atoms with Crippen LogP contribution in [-0.4, -0.2) is 81.1 Å². The number of morpholine rings is 1. The minimum absolute atomic E-state index is 0.0874. The van der Waals surface area contributed by atoms with Crippen molar-refractivity contribution in [2.24, 2.45) is 12.0 Å². The summed E-state index contributed by atoms with van der Waals surface area (Å²) in [4.78, 5) is 13.0. The number of ether oxygens (including phenoxy) is 2. The van der Waals surface area contributed by atoms with Crippen molar-refractivity contribution in [3.05, 3.63) is 11.9 Å². The van der Waals surface area contributed by atoms with Gasteiger partial charge < -0.3 is 29.2 Å². The number of imidazole rings is 1. The summed E-state index contributed by atoms with van der Waals surface area (Å²) in [5, 5.41) is 3.41. The average Bonchev–Trinajstić information content (AvgIpc) is 2.90. The van der Waals surface area contributed by atoms with Crippen LogP contribution in [0, 0.1) is 0 Å². The van der Waals surface area contributed by atoms with Gasteiger partial charge in [0.05, 0.1) is 37.8 Å². The second kappa shape index (κ2) is 8.16. The first-order valence-electron chi connectivity index (χ1n) is 7.80. The molecular weight excluding hydrogens is 296 g/mol. The highest BCUT2D eigenvalue weighted by atomic mass is 16.5. The number of nitrogens with one attached hydrogen (secondary N) is 1. The molecule has 2 heterocycles. The molecule has 0 aliphatic carbocycles. The van der Waals surface area contributed by atoms with Crippen molar-refractivity contribution in [3.63, 3.8) is 0 Å². The Kier molecular flexibility index (Phi) is 6.23. The van der Waals surface area contributed by atoms with E-state index in [0.29, 0.717) is 19.8 Å². The molecule has 23 heavy (non-hydrogen) atoms. The van der Waals surface area contributed by atoms with Gasteiger partial charge in [0.15, 0.2) is 5.96 Å². The minimum atomic E-state index is 0.0874. The standard InChI is InChI=1S/C15H28N6O2/c1-16-14(21-6-7-23-13(10-21)11-22-5)17-8-12-9-18-15(19(2)3)20(12)4/h9,13H,6-8,10-11H2,1-5H3,(H,16,17). The number of nitrogens with zero attached hydrogens (tertiary/aromatic N) is 5. The van der Waals surface area contributed by atoms with E-state index in [-0.39, 0.29) is 6.10 Å². The molecule has 2 rings (SSSR count). The number of aromatic nitrogens is 2. The Labute approximate surface area is 138 Å². The Morgan fingerprint density at radius 1 is 1.57 bits per heavy atom. The van der Waals surface area contributed by atoms with E-state index in [1.807, 2.05) is 32.2 Å². The molecule has 1 atom stereocenters. The molecule has 8 nitrogen and oxygen atoms in total. The van der Waals surface area contributed by atoms with Crippen molar-refractivity contribution >= 4 is 11.9 Å². The number of hydrogen-bond acceptors (Lipinski definition) is 5. The predicted molar refractivity (Wildman–Crippen MR) is 90.9 cm³/mol. The zero-order chi connectivity index (χ0) is 16.8. The molecule has 1 aromatic heterocycles. The molecule has 1 N–H and O–H groups in total. The fourth-order valence-corrected chi connectivity index (χ4v) is 2.71. The maximum Gasteiger partial charge on any atom is 0.204 e. The maximum atomic E-state index is 5.69. The van der Waals surface area contributed by atoms with Crippen LogP contribution in [0.25, 0.3) is 0 Å². The minimum Gasteiger partial charge on any atom is -0.382 e. The molecule has 1 aliphatic rings. The molecule has 0 spiro atoms. The normalized spacial score (nSPS) is 19.1. The predicted octanol–water partition coefficient (Wildman–Crippen LogP) is -0.0913. The van der Waals surface area contributed by atoms with Gasteiger partial charge in [-0.15, -0.1) is 0 Å². The first kappa shape index (κ1) is 17.6. The van der Waals surface area contributed by atoms with Gasteiger partial charge in [-0.1, -0.05) is 0 Å². The molecule has 1 unspecified atom stereocenters. The summed E-state index contributed by atoms with van der Waals surface area (Å²) in [5.74, 6) is 1.81. The monoisotopic (exact) mass is 324 g/mol. The van der Waals surface area contributed by atoms with Gasteiger partial charge in [0, 0.05) is 48.4 Å². The van der Waals surface area contributed by atoms with Gasteiger partial charge in [-0.05, 0) is 0 Å². The summed E-state index contributed by atoms with van der Waals surface area (Å²) in [6, 6.07) is 0. The molecular formula is C15H28N6O2. The van der Waals surface area contributed by atoms with E-state index in [1.165, 1.54) is 0 Å². The SMILES string of the molecule is CN=C(NCc1cnc(N(C)C)n1C)N1CCOC(COC)C1. The van der Waals surface area contributed by atoms with Crippen molar-refractivity contribution in [3.8, 4) is 0 Å². The third-order valence-electron chi connectivity index (χ3n) is 3.89. The van der Waals surface area contributed by atoms with Crippen LogP contribution in [0.3, 0.4) is 0 Å². The van der Waals surface area contributed by atoms with Crippen LogP contribution in [0.4, 0.5) is 5.95 Å². The van der Waals surface area contributed by atoms with Crippen molar-refractivity contribution in [1.29, 1.82) is 0 Å². The highest BCUT2D eigenvalue weighted by molar-refractivity contribution is 5.80.